The molecule has 0 aliphatic carbocycles. The molecule has 0 aliphatic heterocycles. The minimum absolute atomic E-state index is 0.0125. The van der Waals surface area contributed by atoms with E-state index in [-0.39, 0.29) is 31.2 Å². The van der Waals surface area contributed by atoms with E-state index in [0.717, 1.165) is 15.4 Å². The minimum Gasteiger partial charge on any atom is -0.459 e. The number of aromatic nitrogens is 2. The van der Waals surface area contributed by atoms with Crippen molar-refractivity contribution in [3.8, 4) is 0 Å². The van der Waals surface area contributed by atoms with Crippen LogP contribution in [0.4, 0.5) is 0 Å². The summed E-state index contributed by atoms with van der Waals surface area (Å²) in [6.45, 7) is 4.01. The van der Waals surface area contributed by atoms with E-state index in [1.54, 1.807) is 11.3 Å². The first-order valence-electron chi connectivity index (χ1n) is 7.71. The van der Waals surface area contributed by atoms with Crippen LogP contribution in [0, 0.1) is 13.8 Å². The zero-order chi connectivity index (χ0) is 17.1. The van der Waals surface area contributed by atoms with E-state index in [2.05, 4.69) is 4.98 Å². The molecule has 0 N–H and O–H groups in total. The predicted molar refractivity (Wildman–Crippen MR) is 92.3 cm³/mol. The molecule has 3 heterocycles. The molecule has 0 spiro atoms. The Hall–Kier alpha value is -2.47. The molecule has 3 aromatic heterocycles. The second-order valence-electron chi connectivity index (χ2n) is 5.61. The number of hydrogen-bond acceptors (Lipinski definition) is 5. The number of carbonyl (C=O) groups is 2. The SMILES string of the molecule is Cc1cc(C(=O)CCC(=O)OCc2cn3ccccc3n2)c(C)s1. The highest BCUT2D eigenvalue weighted by Crippen LogP contribution is 2.22. The first-order chi connectivity index (χ1) is 11.5. The van der Waals surface area contributed by atoms with E-state index in [9.17, 15) is 9.59 Å². The standard InChI is InChI=1S/C18H18N2O3S/c1-12-9-15(13(2)24-12)16(21)6-7-18(22)23-11-14-10-20-8-4-3-5-17(20)19-14/h3-5,8-10H,6-7,11H2,1-2H3. The zero-order valence-electron chi connectivity index (χ0n) is 13.6. The van der Waals surface area contributed by atoms with Gasteiger partial charge in [-0.05, 0) is 32.0 Å². The normalized spacial score (nSPS) is 10.9. The third-order valence-corrected chi connectivity index (χ3v) is 4.66. The molecule has 0 unspecified atom stereocenters. The Morgan fingerprint density at radius 2 is 2.08 bits per heavy atom. The van der Waals surface area contributed by atoms with Gasteiger partial charge in [-0.25, -0.2) is 4.98 Å². The summed E-state index contributed by atoms with van der Waals surface area (Å²) in [7, 11) is 0. The van der Waals surface area contributed by atoms with Gasteiger partial charge in [0.05, 0.1) is 12.1 Å². The number of imidazole rings is 1. The lowest BCUT2D eigenvalue weighted by atomic mass is 10.1. The fourth-order valence-corrected chi connectivity index (χ4v) is 3.48. The Morgan fingerprint density at radius 3 is 2.79 bits per heavy atom. The van der Waals surface area contributed by atoms with Crippen molar-refractivity contribution in [3.63, 3.8) is 0 Å². The van der Waals surface area contributed by atoms with Crippen LogP contribution in [-0.4, -0.2) is 21.1 Å². The van der Waals surface area contributed by atoms with Gasteiger partial charge < -0.3 is 9.14 Å². The first kappa shape index (κ1) is 16.4. The van der Waals surface area contributed by atoms with Gasteiger partial charge in [0, 0.05) is 34.1 Å². The highest BCUT2D eigenvalue weighted by atomic mass is 32.1. The van der Waals surface area contributed by atoms with Crippen molar-refractivity contribution >= 4 is 28.7 Å². The number of esters is 1. The molecular weight excluding hydrogens is 324 g/mol. The number of ketones is 1. The van der Waals surface area contributed by atoms with Crippen LogP contribution < -0.4 is 0 Å². The summed E-state index contributed by atoms with van der Waals surface area (Å²) in [5.74, 6) is -0.397. The van der Waals surface area contributed by atoms with Gasteiger partial charge in [-0.1, -0.05) is 6.07 Å². The number of ether oxygens (including phenoxy) is 1. The van der Waals surface area contributed by atoms with E-state index in [1.807, 2.05) is 54.9 Å². The largest absolute Gasteiger partial charge is 0.459 e. The molecule has 3 aromatic rings. The Kier molecular flexibility index (Phi) is 4.76. The van der Waals surface area contributed by atoms with Crippen LogP contribution in [0.5, 0.6) is 0 Å². The Labute approximate surface area is 143 Å². The summed E-state index contributed by atoms with van der Waals surface area (Å²) in [6, 6.07) is 7.57. The molecular formula is C18H18N2O3S. The lowest BCUT2D eigenvalue weighted by Crippen LogP contribution is -2.08. The molecule has 0 fully saturated rings. The summed E-state index contributed by atoms with van der Waals surface area (Å²) in [6.07, 6.45) is 3.96. The number of fused-ring (bicyclic) bond motifs is 1. The van der Waals surface area contributed by atoms with E-state index in [4.69, 9.17) is 4.74 Å². The number of Topliss-reactive ketones (excluding diaryl/α,β-unsaturated/α-hetero) is 1. The zero-order valence-corrected chi connectivity index (χ0v) is 14.4. The number of nitrogens with zero attached hydrogens (tertiary/aromatic N) is 2. The van der Waals surface area contributed by atoms with Gasteiger partial charge in [-0.15, -0.1) is 11.3 Å². The lowest BCUT2D eigenvalue weighted by molar-refractivity contribution is -0.145. The molecule has 6 heteroatoms. The topological polar surface area (TPSA) is 60.7 Å². The molecule has 124 valence electrons. The van der Waals surface area contributed by atoms with E-state index < -0.39 is 0 Å². The molecule has 0 saturated carbocycles. The maximum absolute atomic E-state index is 12.2. The highest BCUT2D eigenvalue weighted by Gasteiger charge is 2.14. The monoisotopic (exact) mass is 342 g/mol. The maximum Gasteiger partial charge on any atom is 0.306 e. The molecule has 0 saturated heterocycles. The number of aryl methyl sites for hydroxylation is 2. The number of thiophene rings is 1. The fraction of sp³-hybridized carbons (Fsp3) is 0.278. The van der Waals surface area contributed by atoms with E-state index in [1.165, 1.54) is 0 Å². The van der Waals surface area contributed by atoms with Crippen LogP contribution in [0.15, 0.2) is 36.7 Å². The predicted octanol–water partition coefficient (Wildman–Crippen LogP) is 3.72. The quantitative estimate of drug-likeness (QED) is 0.506. The summed E-state index contributed by atoms with van der Waals surface area (Å²) < 4.78 is 7.08. The summed E-state index contributed by atoms with van der Waals surface area (Å²) in [5, 5.41) is 0. The van der Waals surface area contributed by atoms with Crippen LogP contribution >= 0.6 is 11.3 Å². The number of hydrogen-bond donors (Lipinski definition) is 0. The van der Waals surface area contributed by atoms with Gasteiger partial charge >= 0.3 is 5.97 Å². The molecule has 0 radical (unpaired) electrons. The van der Waals surface area contributed by atoms with Crippen LogP contribution in [0.1, 0.15) is 38.6 Å². The third kappa shape index (κ3) is 3.71. The number of pyridine rings is 1. The smallest absolute Gasteiger partial charge is 0.306 e. The summed E-state index contributed by atoms with van der Waals surface area (Å²) in [5.41, 5.74) is 2.21. The molecule has 5 nitrogen and oxygen atoms in total. The average Bonchev–Trinajstić information content (AvgIpc) is 3.12. The van der Waals surface area contributed by atoms with Crippen molar-refractivity contribution in [2.75, 3.05) is 0 Å². The van der Waals surface area contributed by atoms with Crippen molar-refractivity contribution in [1.29, 1.82) is 0 Å². The van der Waals surface area contributed by atoms with Crippen molar-refractivity contribution in [3.05, 3.63) is 57.7 Å². The highest BCUT2D eigenvalue weighted by molar-refractivity contribution is 7.12. The fourth-order valence-electron chi connectivity index (χ4n) is 2.54. The molecule has 3 rings (SSSR count). The first-order valence-corrected chi connectivity index (χ1v) is 8.53. The molecule has 0 amide bonds. The summed E-state index contributed by atoms with van der Waals surface area (Å²) in [4.78, 5) is 30.5. The van der Waals surface area contributed by atoms with Crippen molar-refractivity contribution in [1.82, 2.24) is 9.38 Å². The van der Waals surface area contributed by atoms with Crippen LogP contribution in [0.2, 0.25) is 0 Å². The van der Waals surface area contributed by atoms with Crippen LogP contribution in [-0.2, 0) is 16.1 Å². The van der Waals surface area contributed by atoms with E-state index in [0.29, 0.717) is 11.3 Å². The minimum atomic E-state index is -0.384. The van der Waals surface area contributed by atoms with E-state index >= 15 is 0 Å². The molecule has 0 bridgehead atoms. The Bertz CT molecular complexity index is 862. The number of rotatable bonds is 6. The number of carbonyl (C=O) groups excluding carboxylic acids is 2. The third-order valence-electron chi connectivity index (χ3n) is 3.69. The van der Waals surface area contributed by atoms with Crippen molar-refractivity contribution < 1.29 is 14.3 Å². The lowest BCUT2D eigenvalue weighted by Gasteiger charge is -2.02. The van der Waals surface area contributed by atoms with Gasteiger partial charge in [0.1, 0.15) is 12.3 Å². The Balaban J connectivity index is 1.50. The van der Waals surface area contributed by atoms with Gasteiger partial charge in [-0.3, -0.25) is 9.59 Å². The second-order valence-corrected chi connectivity index (χ2v) is 7.07. The summed E-state index contributed by atoms with van der Waals surface area (Å²) >= 11 is 1.59. The maximum atomic E-state index is 12.2. The van der Waals surface area contributed by atoms with Crippen LogP contribution in [0.25, 0.3) is 5.65 Å². The molecule has 24 heavy (non-hydrogen) atoms. The van der Waals surface area contributed by atoms with Gasteiger partial charge in [0.15, 0.2) is 5.78 Å². The molecule has 0 atom stereocenters. The van der Waals surface area contributed by atoms with Gasteiger partial charge in [-0.2, -0.15) is 0 Å². The van der Waals surface area contributed by atoms with Crippen molar-refractivity contribution in [2.45, 2.75) is 33.3 Å². The van der Waals surface area contributed by atoms with Crippen LogP contribution in [0.3, 0.4) is 0 Å². The molecule has 0 aliphatic rings. The van der Waals surface area contributed by atoms with Crippen molar-refractivity contribution in [2.24, 2.45) is 0 Å². The Morgan fingerprint density at radius 1 is 1.25 bits per heavy atom. The second kappa shape index (κ2) is 6.97. The molecule has 0 aromatic carbocycles. The van der Waals surface area contributed by atoms with Gasteiger partial charge in [0.2, 0.25) is 0 Å². The van der Waals surface area contributed by atoms with Gasteiger partial charge in [0.25, 0.3) is 0 Å². The average molecular weight is 342 g/mol.